The van der Waals surface area contributed by atoms with Crippen molar-refractivity contribution in [3.63, 3.8) is 0 Å². The van der Waals surface area contributed by atoms with E-state index in [2.05, 4.69) is 9.69 Å². The lowest BCUT2D eigenvalue weighted by molar-refractivity contribution is -0.116. The average Bonchev–Trinajstić information content (AvgIpc) is 3.12. The fourth-order valence-corrected chi connectivity index (χ4v) is 4.42. The molecule has 3 aromatic rings. The number of phenols is 1. The highest BCUT2D eigenvalue weighted by Crippen LogP contribution is 2.47. The molecule has 0 fully saturated rings. The minimum atomic E-state index is -0.217. The van der Waals surface area contributed by atoms with Gasteiger partial charge in [0.15, 0.2) is 11.5 Å². The van der Waals surface area contributed by atoms with Crippen molar-refractivity contribution >= 4 is 34.7 Å². The minimum absolute atomic E-state index is 0.0691. The molecule has 2 aromatic carbocycles. The summed E-state index contributed by atoms with van der Waals surface area (Å²) in [4.78, 5) is 13.4. The molecule has 6 nitrogen and oxygen atoms in total. The van der Waals surface area contributed by atoms with E-state index in [9.17, 15) is 9.90 Å². The normalized spacial score (nSPS) is 15.7. The number of aromatic nitrogens is 1. The van der Waals surface area contributed by atoms with Crippen LogP contribution in [0.25, 0.3) is 11.3 Å². The molecule has 0 aliphatic carbocycles. The van der Waals surface area contributed by atoms with E-state index in [0.717, 1.165) is 16.0 Å². The van der Waals surface area contributed by atoms with Gasteiger partial charge in [0.05, 0.1) is 24.8 Å². The van der Waals surface area contributed by atoms with Gasteiger partial charge in [0.25, 0.3) is 0 Å². The Morgan fingerprint density at radius 3 is 2.43 bits per heavy atom. The van der Waals surface area contributed by atoms with Crippen molar-refractivity contribution in [3.8, 4) is 28.5 Å². The molecule has 144 valence electrons. The number of carbonyl (C=O) groups is 1. The number of anilines is 1. The van der Waals surface area contributed by atoms with Crippen LogP contribution in [0.15, 0.2) is 36.4 Å². The Morgan fingerprint density at radius 1 is 1.18 bits per heavy atom. The van der Waals surface area contributed by atoms with Crippen LogP contribution in [-0.4, -0.2) is 29.6 Å². The van der Waals surface area contributed by atoms with E-state index >= 15 is 0 Å². The number of benzene rings is 2. The van der Waals surface area contributed by atoms with E-state index in [1.807, 2.05) is 12.1 Å². The van der Waals surface area contributed by atoms with Gasteiger partial charge >= 0.3 is 0 Å². The Kier molecular flexibility index (Phi) is 4.87. The first-order valence-electron chi connectivity index (χ1n) is 8.52. The first-order chi connectivity index (χ1) is 13.5. The average molecular weight is 417 g/mol. The molecule has 0 spiro atoms. The van der Waals surface area contributed by atoms with Crippen molar-refractivity contribution in [2.75, 3.05) is 19.5 Å². The van der Waals surface area contributed by atoms with Gasteiger partial charge in [0.2, 0.25) is 11.7 Å². The molecule has 0 saturated carbocycles. The predicted octanol–water partition coefficient (Wildman–Crippen LogP) is 4.66. The predicted molar refractivity (Wildman–Crippen MR) is 109 cm³/mol. The third-order valence-corrected chi connectivity index (χ3v) is 5.92. The number of nitrogens with one attached hydrogen (secondary N) is 1. The van der Waals surface area contributed by atoms with Crippen LogP contribution in [-0.2, 0) is 4.79 Å². The molecule has 1 aliphatic heterocycles. The number of carbonyl (C=O) groups excluding carboxylic acids is 1. The Morgan fingerprint density at radius 2 is 1.82 bits per heavy atom. The molecule has 2 heterocycles. The van der Waals surface area contributed by atoms with Crippen LogP contribution in [0.5, 0.6) is 17.2 Å². The topological polar surface area (TPSA) is 80.7 Å². The summed E-state index contributed by atoms with van der Waals surface area (Å²) in [7, 11) is 2.95. The van der Waals surface area contributed by atoms with Gasteiger partial charge in [-0.15, -0.1) is 0 Å². The second kappa shape index (κ2) is 7.33. The lowest BCUT2D eigenvalue weighted by Crippen LogP contribution is -2.22. The van der Waals surface area contributed by atoms with Crippen LogP contribution in [0.2, 0.25) is 5.02 Å². The number of aromatic hydroxyl groups is 1. The van der Waals surface area contributed by atoms with Crippen molar-refractivity contribution in [2.45, 2.75) is 12.3 Å². The molecule has 8 heteroatoms. The second-order valence-electron chi connectivity index (χ2n) is 6.36. The molecule has 1 atom stereocenters. The van der Waals surface area contributed by atoms with Gasteiger partial charge in [-0.3, -0.25) is 4.79 Å². The number of fused-ring (bicyclic) bond motifs is 1. The van der Waals surface area contributed by atoms with Gasteiger partial charge in [0, 0.05) is 22.9 Å². The van der Waals surface area contributed by atoms with E-state index in [0.29, 0.717) is 27.9 Å². The molecule has 1 amide bonds. The summed E-state index contributed by atoms with van der Waals surface area (Å²) in [6.45, 7) is 0. The molecule has 0 saturated heterocycles. The maximum absolute atomic E-state index is 12.5. The van der Waals surface area contributed by atoms with Gasteiger partial charge in [0.1, 0.15) is 5.69 Å². The van der Waals surface area contributed by atoms with Crippen molar-refractivity contribution in [1.82, 2.24) is 4.37 Å². The Labute approximate surface area is 170 Å². The summed E-state index contributed by atoms with van der Waals surface area (Å²) >= 11 is 7.33. The molecule has 1 aromatic heterocycles. The van der Waals surface area contributed by atoms with Crippen LogP contribution in [0.3, 0.4) is 0 Å². The molecule has 2 N–H and O–H groups in total. The third kappa shape index (κ3) is 3.16. The molecule has 1 aliphatic rings. The van der Waals surface area contributed by atoms with Crippen molar-refractivity contribution in [3.05, 3.63) is 51.9 Å². The standard InChI is InChI=1S/C20H17ClN2O4S/c1-26-14-7-11(8-15(27-2)19(14)25)13-9-16(24)22-18-17(23-28-20(13)18)10-3-5-12(21)6-4-10/h3-8,13,25H,9H2,1-2H3,(H,22,24). The minimum Gasteiger partial charge on any atom is -0.502 e. The lowest BCUT2D eigenvalue weighted by atomic mass is 9.89. The van der Waals surface area contributed by atoms with Crippen LogP contribution in [0, 0.1) is 0 Å². The maximum atomic E-state index is 12.5. The van der Waals surface area contributed by atoms with E-state index in [1.54, 1.807) is 24.3 Å². The van der Waals surface area contributed by atoms with Crippen LogP contribution >= 0.6 is 23.1 Å². The highest BCUT2D eigenvalue weighted by molar-refractivity contribution is 7.07. The van der Waals surface area contributed by atoms with E-state index in [-0.39, 0.29) is 24.0 Å². The SMILES string of the molecule is COc1cc(C2CC(=O)Nc3c(-c4ccc(Cl)cc4)nsc32)cc(OC)c1O. The van der Waals surface area contributed by atoms with E-state index < -0.39 is 0 Å². The highest BCUT2D eigenvalue weighted by atomic mass is 35.5. The maximum Gasteiger partial charge on any atom is 0.225 e. The first-order valence-corrected chi connectivity index (χ1v) is 9.67. The summed E-state index contributed by atoms with van der Waals surface area (Å²) in [6.07, 6.45) is 0.270. The van der Waals surface area contributed by atoms with Gasteiger partial charge in [-0.2, -0.15) is 4.37 Å². The van der Waals surface area contributed by atoms with Gasteiger partial charge in [-0.05, 0) is 41.4 Å². The zero-order valence-corrected chi connectivity index (χ0v) is 16.7. The Balaban J connectivity index is 1.82. The third-order valence-electron chi connectivity index (χ3n) is 4.71. The van der Waals surface area contributed by atoms with Crippen molar-refractivity contribution in [1.29, 1.82) is 0 Å². The second-order valence-corrected chi connectivity index (χ2v) is 7.60. The smallest absolute Gasteiger partial charge is 0.225 e. The fourth-order valence-electron chi connectivity index (χ4n) is 3.32. The molecule has 28 heavy (non-hydrogen) atoms. The fraction of sp³-hybridized carbons (Fsp3) is 0.200. The number of phenolic OH excluding ortho intramolecular Hbond substituents is 1. The van der Waals surface area contributed by atoms with Gasteiger partial charge in [-0.25, -0.2) is 0 Å². The molecule has 0 radical (unpaired) electrons. The van der Waals surface area contributed by atoms with Crippen LogP contribution < -0.4 is 14.8 Å². The van der Waals surface area contributed by atoms with E-state index in [1.165, 1.54) is 25.8 Å². The molecule has 1 unspecified atom stereocenters. The van der Waals surface area contributed by atoms with E-state index in [4.69, 9.17) is 21.1 Å². The Hall–Kier alpha value is -2.77. The summed E-state index contributed by atoms with van der Waals surface area (Å²) in [5, 5.41) is 13.8. The molecule has 0 bridgehead atoms. The number of methoxy groups -OCH3 is 2. The van der Waals surface area contributed by atoms with Gasteiger partial charge in [-0.1, -0.05) is 23.7 Å². The number of halogens is 1. The number of ether oxygens (including phenoxy) is 2. The first kappa shape index (κ1) is 18.6. The van der Waals surface area contributed by atoms with Crippen molar-refractivity contribution in [2.24, 2.45) is 0 Å². The number of hydrogen-bond acceptors (Lipinski definition) is 6. The van der Waals surface area contributed by atoms with Crippen LogP contribution in [0.1, 0.15) is 22.8 Å². The zero-order chi connectivity index (χ0) is 19.8. The summed E-state index contributed by atoms with van der Waals surface area (Å²) in [6, 6.07) is 10.8. The number of amides is 1. The zero-order valence-electron chi connectivity index (χ0n) is 15.2. The highest BCUT2D eigenvalue weighted by Gasteiger charge is 2.32. The monoisotopic (exact) mass is 416 g/mol. The number of hydrogen-bond donors (Lipinski definition) is 2. The summed E-state index contributed by atoms with van der Waals surface area (Å²) in [5.41, 5.74) is 3.12. The molecular formula is C20H17ClN2O4S. The Bertz CT molecular complexity index is 1020. The lowest BCUT2D eigenvalue weighted by Gasteiger charge is -2.24. The van der Waals surface area contributed by atoms with Crippen LogP contribution in [0.4, 0.5) is 5.69 Å². The number of rotatable bonds is 4. The molecular weight excluding hydrogens is 400 g/mol. The summed E-state index contributed by atoms with van der Waals surface area (Å²) in [5.74, 6) is 0.207. The largest absolute Gasteiger partial charge is 0.502 e. The summed E-state index contributed by atoms with van der Waals surface area (Å²) < 4.78 is 15.1. The molecule has 4 rings (SSSR count). The van der Waals surface area contributed by atoms with Gasteiger partial charge < -0.3 is 19.9 Å². The van der Waals surface area contributed by atoms with Crippen molar-refractivity contribution < 1.29 is 19.4 Å². The number of nitrogens with zero attached hydrogens (tertiary/aromatic N) is 1. The quantitative estimate of drug-likeness (QED) is 0.646.